The van der Waals surface area contributed by atoms with Crippen molar-refractivity contribution in [2.45, 2.75) is 0 Å². The number of morpholine rings is 1. The van der Waals surface area contributed by atoms with Gasteiger partial charge in [-0.3, -0.25) is 4.98 Å². The van der Waals surface area contributed by atoms with Gasteiger partial charge in [0.05, 0.1) is 18.9 Å². The number of ether oxygens (including phenoxy) is 2. The number of hydrogen-bond donors (Lipinski definition) is 1. The first kappa shape index (κ1) is 23.9. The predicted molar refractivity (Wildman–Crippen MR) is 140 cm³/mol. The highest BCUT2D eigenvalue weighted by Crippen LogP contribution is 2.31. The quantitative estimate of drug-likeness (QED) is 0.392. The summed E-state index contributed by atoms with van der Waals surface area (Å²) in [6.07, 6.45) is 3.35. The Balaban J connectivity index is 1.40. The third-order valence-corrected chi connectivity index (χ3v) is 6.00. The van der Waals surface area contributed by atoms with Crippen LogP contribution in [0.5, 0.6) is 5.75 Å². The molecule has 0 atom stereocenters. The van der Waals surface area contributed by atoms with Gasteiger partial charge < -0.3 is 24.6 Å². The normalized spacial score (nSPS) is 13.8. The van der Waals surface area contributed by atoms with Crippen LogP contribution in [0.3, 0.4) is 0 Å². The van der Waals surface area contributed by atoms with Crippen molar-refractivity contribution in [3.05, 3.63) is 66.7 Å². The minimum absolute atomic E-state index is 0.336. The summed E-state index contributed by atoms with van der Waals surface area (Å²) in [7, 11) is 3.95. The van der Waals surface area contributed by atoms with Crippen LogP contribution >= 0.6 is 0 Å². The number of benzene rings is 2. The maximum absolute atomic E-state index is 14.9. The van der Waals surface area contributed by atoms with Crippen LogP contribution in [0.15, 0.2) is 60.9 Å². The molecule has 5 rings (SSSR count). The van der Waals surface area contributed by atoms with Crippen molar-refractivity contribution in [2.24, 2.45) is 0 Å². The van der Waals surface area contributed by atoms with Gasteiger partial charge in [-0.1, -0.05) is 0 Å². The minimum atomic E-state index is -0.387. The van der Waals surface area contributed by atoms with E-state index in [9.17, 15) is 4.39 Å². The summed E-state index contributed by atoms with van der Waals surface area (Å²) < 4.78 is 26.1. The molecule has 4 aromatic rings. The highest BCUT2D eigenvalue weighted by atomic mass is 19.1. The number of pyridine rings is 1. The number of nitrogens with zero attached hydrogens (tertiary/aromatic N) is 5. The number of fused-ring (bicyclic) bond motifs is 1. The molecular weight excluding hydrogens is 459 g/mol. The van der Waals surface area contributed by atoms with Crippen molar-refractivity contribution in [2.75, 3.05) is 63.8 Å². The number of rotatable bonds is 8. The van der Waals surface area contributed by atoms with Crippen molar-refractivity contribution >= 4 is 28.2 Å². The van der Waals surface area contributed by atoms with Gasteiger partial charge in [0.25, 0.3) is 0 Å². The van der Waals surface area contributed by atoms with Gasteiger partial charge >= 0.3 is 0 Å². The molecule has 0 spiro atoms. The summed E-state index contributed by atoms with van der Waals surface area (Å²) in [5.41, 5.74) is 3.35. The fourth-order valence-corrected chi connectivity index (χ4v) is 4.04. The first-order chi connectivity index (χ1) is 17.6. The molecule has 1 N–H and O–H groups in total. The maximum Gasteiger partial charge on any atom is 0.227 e. The summed E-state index contributed by atoms with van der Waals surface area (Å²) in [6.45, 7) is 4.51. The van der Waals surface area contributed by atoms with Crippen LogP contribution in [0.2, 0.25) is 0 Å². The molecule has 3 heterocycles. The molecule has 9 heteroatoms. The van der Waals surface area contributed by atoms with E-state index in [1.54, 1.807) is 24.5 Å². The van der Waals surface area contributed by atoms with E-state index in [2.05, 4.69) is 37.3 Å². The topological polar surface area (TPSA) is 75.6 Å². The molecule has 2 aromatic heterocycles. The minimum Gasteiger partial charge on any atom is -0.492 e. The van der Waals surface area contributed by atoms with E-state index >= 15 is 0 Å². The van der Waals surface area contributed by atoms with Crippen LogP contribution < -0.4 is 15.0 Å². The number of aromatic nitrogens is 3. The average Bonchev–Trinajstić information content (AvgIpc) is 2.90. The highest BCUT2D eigenvalue weighted by Gasteiger charge is 2.15. The second-order valence-electron chi connectivity index (χ2n) is 8.86. The summed E-state index contributed by atoms with van der Waals surface area (Å²) in [5.74, 6) is 0.608. The Labute approximate surface area is 209 Å². The lowest BCUT2D eigenvalue weighted by molar-refractivity contribution is 0.122. The molecule has 0 saturated carbocycles. The third kappa shape index (κ3) is 5.53. The molecule has 1 saturated heterocycles. The molecule has 1 aliphatic heterocycles. The molecule has 8 nitrogen and oxygen atoms in total. The van der Waals surface area contributed by atoms with E-state index in [-0.39, 0.29) is 5.82 Å². The molecule has 0 bridgehead atoms. The van der Waals surface area contributed by atoms with Crippen LogP contribution in [-0.4, -0.2) is 73.4 Å². The molecule has 0 radical (unpaired) electrons. The second kappa shape index (κ2) is 10.8. The Bertz CT molecular complexity index is 1330. The van der Waals surface area contributed by atoms with Gasteiger partial charge in [0.15, 0.2) is 0 Å². The Morgan fingerprint density at radius 3 is 2.64 bits per heavy atom. The first-order valence-corrected chi connectivity index (χ1v) is 12.0. The smallest absolute Gasteiger partial charge is 0.227 e. The van der Waals surface area contributed by atoms with Gasteiger partial charge in [0, 0.05) is 54.4 Å². The molecule has 2 aromatic carbocycles. The lowest BCUT2D eigenvalue weighted by Crippen LogP contribution is -2.36. The van der Waals surface area contributed by atoms with Crippen LogP contribution in [0.25, 0.3) is 22.2 Å². The number of anilines is 3. The Morgan fingerprint density at radius 1 is 1.06 bits per heavy atom. The van der Waals surface area contributed by atoms with Crippen molar-refractivity contribution in [1.29, 1.82) is 0 Å². The van der Waals surface area contributed by atoms with Crippen molar-refractivity contribution in [1.82, 2.24) is 19.9 Å². The standard InChI is InChI=1S/C27H29FN6O2/c1-33(2)11-16-36-22-7-8-24(28)23(17-22)26-25-19(9-10-29-26)18-30-27(32-25)31-20-3-5-21(6-4-20)34-12-14-35-15-13-34/h3-10,17-18H,11-16H2,1-2H3,(H,30,31,32). The summed E-state index contributed by atoms with van der Waals surface area (Å²) >= 11 is 0. The van der Waals surface area contributed by atoms with E-state index in [4.69, 9.17) is 9.47 Å². The molecule has 1 aliphatic rings. The first-order valence-electron chi connectivity index (χ1n) is 12.0. The van der Waals surface area contributed by atoms with E-state index in [0.29, 0.717) is 35.1 Å². The average molecular weight is 489 g/mol. The highest BCUT2D eigenvalue weighted by molar-refractivity contribution is 5.91. The van der Waals surface area contributed by atoms with E-state index in [1.807, 2.05) is 37.2 Å². The SMILES string of the molecule is CN(C)CCOc1ccc(F)c(-c2nccc3cnc(Nc4ccc(N5CCOCC5)cc4)nc23)c1. The van der Waals surface area contributed by atoms with Crippen LogP contribution in [0, 0.1) is 5.82 Å². The second-order valence-corrected chi connectivity index (χ2v) is 8.86. The number of halogens is 1. The Hall–Kier alpha value is -3.82. The summed E-state index contributed by atoms with van der Waals surface area (Å²) in [4.78, 5) is 17.9. The fraction of sp³-hybridized carbons (Fsp3) is 0.296. The number of likely N-dealkylation sites (N-methyl/N-ethyl adjacent to an activating group) is 1. The van der Waals surface area contributed by atoms with Gasteiger partial charge in [-0.15, -0.1) is 0 Å². The predicted octanol–water partition coefficient (Wildman–Crippen LogP) is 4.35. The van der Waals surface area contributed by atoms with Gasteiger partial charge in [-0.25, -0.2) is 14.4 Å². The Kier molecular flexibility index (Phi) is 7.20. The molecule has 36 heavy (non-hydrogen) atoms. The van der Waals surface area contributed by atoms with Gasteiger partial charge in [-0.2, -0.15) is 0 Å². The third-order valence-electron chi connectivity index (χ3n) is 6.00. The summed E-state index contributed by atoms with van der Waals surface area (Å²) in [6, 6.07) is 14.6. The summed E-state index contributed by atoms with van der Waals surface area (Å²) in [5, 5.41) is 4.02. The lowest BCUT2D eigenvalue weighted by atomic mass is 10.1. The van der Waals surface area contributed by atoms with Crippen LogP contribution in [-0.2, 0) is 4.74 Å². The molecular formula is C27H29FN6O2. The van der Waals surface area contributed by atoms with Gasteiger partial charge in [0.2, 0.25) is 5.95 Å². The molecule has 0 aliphatic carbocycles. The van der Waals surface area contributed by atoms with E-state index < -0.39 is 0 Å². The van der Waals surface area contributed by atoms with E-state index in [1.165, 1.54) is 6.07 Å². The van der Waals surface area contributed by atoms with Crippen molar-refractivity contribution < 1.29 is 13.9 Å². The van der Waals surface area contributed by atoms with Crippen molar-refractivity contribution in [3.8, 4) is 17.0 Å². The Morgan fingerprint density at radius 2 is 1.86 bits per heavy atom. The molecule has 0 amide bonds. The van der Waals surface area contributed by atoms with Crippen molar-refractivity contribution in [3.63, 3.8) is 0 Å². The molecule has 1 fully saturated rings. The largest absolute Gasteiger partial charge is 0.492 e. The van der Waals surface area contributed by atoms with Crippen LogP contribution in [0.1, 0.15) is 0 Å². The van der Waals surface area contributed by atoms with E-state index in [0.717, 1.165) is 49.6 Å². The zero-order chi connectivity index (χ0) is 24.9. The van der Waals surface area contributed by atoms with Gasteiger partial charge in [0.1, 0.15) is 23.7 Å². The zero-order valence-electron chi connectivity index (χ0n) is 20.4. The fourth-order valence-electron chi connectivity index (χ4n) is 4.04. The number of nitrogens with one attached hydrogen (secondary N) is 1. The van der Waals surface area contributed by atoms with Crippen LogP contribution in [0.4, 0.5) is 21.7 Å². The van der Waals surface area contributed by atoms with Gasteiger partial charge in [-0.05, 0) is 62.6 Å². The molecule has 0 unspecified atom stereocenters. The molecule has 186 valence electrons. The zero-order valence-corrected chi connectivity index (χ0v) is 20.4. The monoisotopic (exact) mass is 488 g/mol. The number of hydrogen-bond acceptors (Lipinski definition) is 8. The lowest BCUT2D eigenvalue weighted by Gasteiger charge is -2.28. The maximum atomic E-state index is 14.9.